The molecular formula is C64H114O6. The number of rotatable bonds is 55. The molecule has 6 nitrogen and oxygen atoms in total. The van der Waals surface area contributed by atoms with E-state index in [1.165, 1.54) is 167 Å². The molecule has 0 aliphatic heterocycles. The van der Waals surface area contributed by atoms with Crippen molar-refractivity contribution in [1.82, 2.24) is 0 Å². The highest BCUT2D eigenvalue weighted by Gasteiger charge is 2.19. The third-order valence-electron chi connectivity index (χ3n) is 13.3. The van der Waals surface area contributed by atoms with Crippen LogP contribution in [0.3, 0.4) is 0 Å². The lowest BCUT2D eigenvalue weighted by Crippen LogP contribution is -2.30. The van der Waals surface area contributed by atoms with Gasteiger partial charge in [-0.05, 0) is 83.5 Å². The summed E-state index contributed by atoms with van der Waals surface area (Å²) in [5, 5.41) is 0. The van der Waals surface area contributed by atoms with Crippen molar-refractivity contribution in [2.75, 3.05) is 13.2 Å². The molecule has 0 bridgehead atoms. The summed E-state index contributed by atoms with van der Waals surface area (Å²) < 4.78 is 16.9. The van der Waals surface area contributed by atoms with Crippen LogP contribution in [0.1, 0.15) is 310 Å². The van der Waals surface area contributed by atoms with Crippen LogP contribution in [0.25, 0.3) is 0 Å². The zero-order chi connectivity index (χ0) is 50.7. The Morgan fingerprint density at radius 2 is 0.557 bits per heavy atom. The van der Waals surface area contributed by atoms with Gasteiger partial charge in [0.05, 0.1) is 0 Å². The number of carbonyl (C=O) groups excluding carboxylic acids is 3. The molecule has 6 heteroatoms. The fourth-order valence-corrected chi connectivity index (χ4v) is 8.72. The van der Waals surface area contributed by atoms with E-state index in [1.807, 2.05) is 0 Å². The lowest BCUT2D eigenvalue weighted by atomic mass is 10.0. The van der Waals surface area contributed by atoms with Crippen molar-refractivity contribution in [2.45, 2.75) is 316 Å². The van der Waals surface area contributed by atoms with E-state index in [2.05, 4.69) is 81.5 Å². The van der Waals surface area contributed by atoms with E-state index in [0.717, 1.165) is 103 Å². The van der Waals surface area contributed by atoms with Crippen LogP contribution >= 0.6 is 0 Å². The van der Waals surface area contributed by atoms with Crippen molar-refractivity contribution >= 4 is 17.9 Å². The molecule has 0 amide bonds. The summed E-state index contributed by atoms with van der Waals surface area (Å²) in [4.78, 5) is 38.2. The Morgan fingerprint density at radius 1 is 0.300 bits per heavy atom. The molecule has 1 unspecified atom stereocenters. The van der Waals surface area contributed by atoms with Gasteiger partial charge in [-0.15, -0.1) is 0 Å². The quantitative estimate of drug-likeness (QED) is 0.0261. The van der Waals surface area contributed by atoms with Crippen molar-refractivity contribution in [1.29, 1.82) is 0 Å². The number of esters is 3. The molecule has 0 aromatic carbocycles. The summed E-state index contributed by atoms with van der Waals surface area (Å²) in [5.41, 5.74) is 0. The number of ether oxygens (including phenoxy) is 3. The molecule has 0 rings (SSSR count). The minimum atomic E-state index is -0.789. The maximum absolute atomic E-state index is 12.9. The Bertz CT molecular complexity index is 1260. The second-order valence-corrected chi connectivity index (χ2v) is 20.2. The Kier molecular flexibility index (Phi) is 56.3. The van der Waals surface area contributed by atoms with Crippen molar-refractivity contribution in [2.24, 2.45) is 0 Å². The molecule has 70 heavy (non-hydrogen) atoms. The van der Waals surface area contributed by atoms with Gasteiger partial charge in [-0.2, -0.15) is 0 Å². The molecule has 0 N–H and O–H groups in total. The minimum absolute atomic E-state index is 0.0840. The van der Waals surface area contributed by atoms with Gasteiger partial charge >= 0.3 is 17.9 Å². The molecule has 406 valence electrons. The monoisotopic (exact) mass is 979 g/mol. The van der Waals surface area contributed by atoms with Gasteiger partial charge in [0.25, 0.3) is 0 Å². The number of allylic oxidation sites excluding steroid dienone is 10. The second-order valence-electron chi connectivity index (χ2n) is 20.2. The minimum Gasteiger partial charge on any atom is -0.462 e. The molecule has 0 saturated heterocycles. The van der Waals surface area contributed by atoms with Crippen molar-refractivity contribution in [3.63, 3.8) is 0 Å². The van der Waals surface area contributed by atoms with Gasteiger partial charge in [-0.25, -0.2) is 0 Å². The summed E-state index contributed by atoms with van der Waals surface area (Å²) in [6, 6.07) is 0. The van der Waals surface area contributed by atoms with Crippen LogP contribution in [-0.2, 0) is 28.6 Å². The van der Waals surface area contributed by atoms with E-state index >= 15 is 0 Å². The van der Waals surface area contributed by atoms with E-state index in [1.54, 1.807) is 0 Å². The Balaban J connectivity index is 4.39. The molecule has 1 atom stereocenters. The molecule has 0 radical (unpaired) electrons. The van der Waals surface area contributed by atoms with Gasteiger partial charge in [0.15, 0.2) is 6.10 Å². The summed E-state index contributed by atoms with van der Waals surface area (Å²) in [5.74, 6) is -0.901. The van der Waals surface area contributed by atoms with Crippen molar-refractivity contribution in [3.8, 4) is 0 Å². The molecule has 0 fully saturated rings. The number of carbonyl (C=O) groups is 3. The number of unbranched alkanes of at least 4 members (excludes halogenated alkanes) is 34. The fraction of sp³-hybridized carbons (Fsp3) is 0.797. The molecule has 0 aromatic heterocycles. The second kappa shape index (κ2) is 58.7. The lowest BCUT2D eigenvalue weighted by Gasteiger charge is -2.18. The predicted molar refractivity (Wildman–Crippen MR) is 302 cm³/mol. The molecule has 0 aliphatic rings. The summed E-state index contributed by atoms with van der Waals surface area (Å²) >= 11 is 0. The van der Waals surface area contributed by atoms with E-state index in [-0.39, 0.29) is 31.1 Å². The van der Waals surface area contributed by atoms with Gasteiger partial charge in [-0.1, -0.05) is 268 Å². The maximum Gasteiger partial charge on any atom is 0.306 e. The van der Waals surface area contributed by atoms with E-state index in [0.29, 0.717) is 19.3 Å². The van der Waals surface area contributed by atoms with Crippen LogP contribution in [0.15, 0.2) is 60.8 Å². The molecule has 0 aromatic rings. The lowest BCUT2D eigenvalue weighted by molar-refractivity contribution is -0.167. The first kappa shape index (κ1) is 67.1. The van der Waals surface area contributed by atoms with E-state index in [9.17, 15) is 14.4 Å². The average Bonchev–Trinajstić information content (AvgIpc) is 3.36. The van der Waals surface area contributed by atoms with Crippen LogP contribution in [-0.4, -0.2) is 37.2 Å². The standard InChI is InChI=1S/C64H114O6/c1-4-7-10-13-16-19-22-25-28-31-32-34-36-39-42-45-48-51-54-57-63(66)69-60-61(59-68-62(65)56-53-50-47-44-41-38-35-30-27-24-21-18-15-12-9-6-3)70-64(67)58-55-52-49-46-43-40-37-33-29-26-23-20-17-14-11-8-5-2/h8,11,17,20,26,29-30,35,37,40,61H,4-7,9-10,12-16,18-19,21-25,27-28,31-34,36,38-39,41-60H2,1-3H3/b11-8-,20-17-,29-26-,35-30-,40-37-. The van der Waals surface area contributed by atoms with Crippen LogP contribution in [0, 0.1) is 0 Å². The predicted octanol–water partition coefficient (Wildman–Crippen LogP) is 20.4. The number of hydrogen-bond acceptors (Lipinski definition) is 6. The first-order valence-corrected chi connectivity index (χ1v) is 30.3. The average molecular weight is 980 g/mol. The van der Waals surface area contributed by atoms with Crippen LogP contribution in [0.5, 0.6) is 0 Å². The highest BCUT2D eigenvalue weighted by molar-refractivity contribution is 5.71. The highest BCUT2D eigenvalue weighted by Crippen LogP contribution is 2.17. The smallest absolute Gasteiger partial charge is 0.306 e. The molecule has 0 spiro atoms. The first-order chi connectivity index (χ1) is 34.5. The van der Waals surface area contributed by atoms with Gasteiger partial charge in [0, 0.05) is 19.3 Å². The fourth-order valence-electron chi connectivity index (χ4n) is 8.72. The Morgan fingerprint density at radius 3 is 0.886 bits per heavy atom. The number of hydrogen-bond donors (Lipinski definition) is 0. The van der Waals surface area contributed by atoms with Crippen LogP contribution < -0.4 is 0 Å². The topological polar surface area (TPSA) is 78.9 Å². The Labute approximate surface area is 434 Å². The summed E-state index contributed by atoms with van der Waals surface area (Å²) in [6.45, 7) is 6.54. The SMILES string of the molecule is CC/C=C\C/C=C\C/C=C\C/C=C\CCCCCCC(=O)OC(COC(=O)CCCCCCC/C=C\CCCCCCCCC)COC(=O)CCCCCCCCCCCCCCCCCCCCC. The van der Waals surface area contributed by atoms with Crippen LogP contribution in [0.4, 0.5) is 0 Å². The Hall–Kier alpha value is -2.89. The largest absolute Gasteiger partial charge is 0.462 e. The first-order valence-electron chi connectivity index (χ1n) is 30.3. The van der Waals surface area contributed by atoms with Gasteiger partial charge in [0.2, 0.25) is 0 Å². The molecule has 0 heterocycles. The molecule has 0 aliphatic carbocycles. The summed E-state index contributed by atoms with van der Waals surface area (Å²) in [6.07, 6.45) is 73.6. The zero-order valence-corrected chi connectivity index (χ0v) is 46.5. The van der Waals surface area contributed by atoms with E-state index in [4.69, 9.17) is 14.2 Å². The van der Waals surface area contributed by atoms with Gasteiger partial charge < -0.3 is 14.2 Å². The third-order valence-corrected chi connectivity index (χ3v) is 13.3. The maximum atomic E-state index is 12.9. The van der Waals surface area contributed by atoms with Crippen molar-refractivity contribution < 1.29 is 28.6 Å². The highest BCUT2D eigenvalue weighted by atomic mass is 16.6. The van der Waals surface area contributed by atoms with E-state index < -0.39 is 6.10 Å². The third kappa shape index (κ3) is 56.0. The normalized spacial score (nSPS) is 12.4. The van der Waals surface area contributed by atoms with Gasteiger partial charge in [0.1, 0.15) is 13.2 Å². The van der Waals surface area contributed by atoms with Crippen molar-refractivity contribution in [3.05, 3.63) is 60.8 Å². The van der Waals surface area contributed by atoms with Crippen LogP contribution in [0.2, 0.25) is 0 Å². The molecule has 0 saturated carbocycles. The van der Waals surface area contributed by atoms with Gasteiger partial charge in [-0.3, -0.25) is 14.4 Å². The zero-order valence-electron chi connectivity index (χ0n) is 46.5. The summed E-state index contributed by atoms with van der Waals surface area (Å²) in [7, 11) is 0. The molecular weight excluding hydrogens is 865 g/mol.